The van der Waals surface area contributed by atoms with Gasteiger partial charge >= 0.3 is 11.6 Å². The molecule has 2 N–H and O–H groups in total. The number of hydrogen-bond acceptors (Lipinski definition) is 4. The number of carbonyl (C=O) groups excluding carboxylic acids is 1. The number of benzene rings is 2. The molecular weight excluding hydrogens is 502 g/mol. The van der Waals surface area contributed by atoms with Crippen LogP contribution in [0.1, 0.15) is 89.5 Å². The van der Waals surface area contributed by atoms with Crippen LogP contribution in [-0.4, -0.2) is 17.0 Å². The highest BCUT2D eigenvalue weighted by molar-refractivity contribution is 6.34. The van der Waals surface area contributed by atoms with Crippen molar-refractivity contribution >= 4 is 40.1 Å². The van der Waals surface area contributed by atoms with Crippen LogP contribution in [0.4, 0.5) is 5.69 Å². The largest absolute Gasteiger partial charge is 0.481 e. The Hall–Kier alpha value is -3.12. The molecule has 1 aromatic heterocycles. The molecule has 6 nitrogen and oxygen atoms in total. The summed E-state index contributed by atoms with van der Waals surface area (Å²) in [6.45, 7) is 2.24. The van der Waals surface area contributed by atoms with E-state index in [9.17, 15) is 14.4 Å². The summed E-state index contributed by atoms with van der Waals surface area (Å²) in [7, 11) is 0. The molecule has 38 heavy (non-hydrogen) atoms. The molecule has 1 heterocycles. The fraction of sp³-hybridized carbons (Fsp3) is 0.452. The van der Waals surface area contributed by atoms with Gasteiger partial charge < -0.3 is 14.8 Å². The minimum absolute atomic E-state index is 0.0403. The molecule has 204 valence electrons. The van der Waals surface area contributed by atoms with Gasteiger partial charge in [-0.2, -0.15) is 0 Å². The van der Waals surface area contributed by atoms with Crippen LogP contribution in [0.15, 0.2) is 51.7 Å². The van der Waals surface area contributed by atoms with Gasteiger partial charge in [0.05, 0.1) is 11.4 Å². The van der Waals surface area contributed by atoms with Crippen molar-refractivity contribution in [3.8, 4) is 11.1 Å². The SMILES string of the molecule is CCCCCCCCCCCCCC(=O)Nc1ccc(-c2cc(=O)oc3cc(CC(=O)O)ccc23)c(Cl)c1. The Labute approximate surface area is 229 Å². The summed E-state index contributed by atoms with van der Waals surface area (Å²) in [5.41, 5.74) is 2.09. The first-order chi connectivity index (χ1) is 18.4. The summed E-state index contributed by atoms with van der Waals surface area (Å²) in [5, 5.41) is 13.0. The van der Waals surface area contributed by atoms with Gasteiger partial charge in [0.1, 0.15) is 5.58 Å². The molecule has 1 amide bonds. The van der Waals surface area contributed by atoms with E-state index in [1.807, 2.05) is 0 Å². The molecule has 3 aromatic rings. The van der Waals surface area contributed by atoms with Crippen molar-refractivity contribution in [2.75, 3.05) is 5.32 Å². The molecule has 0 aliphatic rings. The maximum Gasteiger partial charge on any atom is 0.336 e. The minimum Gasteiger partial charge on any atom is -0.481 e. The molecule has 0 saturated heterocycles. The van der Waals surface area contributed by atoms with Gasteiger partial charge in [-0.15, -0.1) is 0 Å². The van der Waals surface area contributed by atoms with Crippen molar-refractivity contribution in [1.82, 2.24) is 0 Å². The van der Waals surface area contributed by atoms with E-state index in [-0.39, 0.29) is 12.3 Å². The van der Waals surface area contributed by atoms with Gasteiger partial charge in [0.15, 0.2) is 0 Å². The fourth-order valence-electron chi connectivity index (χ4n) is 4.70. The zero-order valence-corrected chi connectivity index (χ0v) is 22.9. The van der Waals surface area contributed by atoms with E-state index in [0.29, 0.717) is 44.8 Å². The van der Waals surface area contributed by atoms with Crippen molar-refractivity contribution in [1.29, 1.82) is 0 Å². The molecule has 0 radical (unpaired) electrons. The maximum atomic E-state index is 12.4. The molecule has 0 atom stereocenters. The first kappa shape index (κ1) is 29.4. The summed E-state index contributed by atoms with van der Waals surface area (Å²) in [5.74, 6) is -1.01. The third kappa shape index (κ3) is 9.32. The van der Waals surface area contributed by atoms with E-state index in [2.05, 4.69) is 12.2 Å². The number of carboxylic acid groups (broad SMARTS) is 1. The van der Waals surface area contributed by atoms with Gasteiger partial charge in [-0.3, -0.25) is 9.59 Å². The third-order valence-corrected chi connectivity index (χ3v) is 7.03. The van der Waals surface area contributed by atoms with Gasteiger partial charge in [0.2, 0.25) is 5.91 Å². The zero-order chi connectivity index (χ0) is 27.3. The predicted octanol–water partition coefficient (Wildman–Crippen LogP) is 8.38. The quantitative estimate of drug-likeness (QED) is 0.141. The lowest BCUT2D eigenvalue weighted by molar-refractivity contribution is -0.136. The summed E-state index contributed by atoms with van der Waals surface area (Å²) >= 11 is 6.56. The van der Waals surface area contributed by atoms with Gasteiger partial charge in [0, 0.05) is 34.7 Å². The Morgan fingerprint density at radius 2 is 1.50 bits per heavy atom. The van der Waals surface area contributed by atoms with Crippen molar-refractivity contribution in [3.05, 3.63) is 63.5 Å². The third-order valence-electron chi connectivity index (χ3n) is 6.71. The van der Waals surface area contributed by atoms with Crippen LogP contribution in [0.2, 0.25) is 5.02 Å². The summed E-state index contributed by atoms with van der Waals surface area (Å²) < 4.78 is 5.31. The second-order valence-corrected chi connectivity index (χ2v) is 10.3. The Morgan fingerprint density at radius 3 is 2.13 bits per heavy atom. The van der Waals surface area contributed by atoms with Gasteiger partial charge in [0.25, 0.3) is 0 Å². The number of anilines is 1. The van der Waals surface area contributed by atoms with Crippen LogP contribution in [0.5, 0.6) is 0 Å². The van der Waals surface area contributed by atoms with E-state index in [0.717, 1.165) is 12.8 Å². The van der Waals surface area contributed by atoms with Crippen molar-refractivity contribution in [3.63, 3.8) is 0 Å². The molecule has 3 rings (SSSR count). The summed E-state index contributed by atoms with van der Waals surface area (Å²) in [4.78, 5) is 35.6. The Kier molecular flexibility index (Phi) is 11.9. The Balaban J connectivity index is 1.51. The van der Waals surface area contributed by atoms with Crippen molar-refractivity contribution < 1.29 is 19.1 Å². The van der Waals surface area contributed by atoms with Crippen LogP contribution < -0.4 is 10.9 Å². The van der Waals surface area contributed by atoms with E-state index in [4.69, 9.17) is 21.1 Å². The second-order valence-electron chi connectivity index (χ2n) is 9.91. The highest BCUT2D eigenvalue weighted by Gasteiger charge is 2.14. The first-order valence-electron chi connectivity index (χ1n) is 13.8. The monoisotopic (exact) mass is 539 g/mol. The fourth-order valence-corrected chi connectivity index (χ4v) is 4.98. The van der Waals surface area contributed by atoms with Gasteiger partial charge in [-0.25, -0.2) is 4.79 Å². The lowest BCUT2D eigenvalue weighted by Crippen LogP contribution is -2.11. The molecule has 0 aliphatic heterocycles. The topological polar surface area (TPSA) is 96.6 Å². The van der Waals surface area contributed by atoms with Crippen LogP contribution >= 0.6 is 11.6 Å². The number of amides is 1. The number of carbonyl (C=O) groups is 2. The van der Waals surface area contributed by atoms with Crippen LogP contribution in [-0.2, 0) is 16.0 Å². The lowest BCUT2D eigenvalue weighted by atomic mass is 10.00. The normalized spacial score (nSPS) is 11.1. The summed E-state index contributed by atoms with van der Waals surface area (Å²) in [6.07, 6.45) is 13.9. The summed E-state index contributed by atoms with van der Waals surface area (Å²) in [6, 6.07) is 11.5. The number of carboxylic acids is 1. The van der Waals surface area contributed by atoms with E-state index >= 15 is 0 Å². The molecule has 0 fully saturated rings. The number of halogens is 1. The van der Waals surface area contributed by atoms with Crippen LogP contribution in [0, 0.1) is 0 Å². The van der Waals surface area contributed by atoms with Crippen LogP contribution in [0.25, 0.3) is 22.1 Å². The molecule has 0 saturated carbocycles. The number of unbranched alkanes of at least 4 members (excludes halogenated alkanes) is 10. The lowest BCUT2D eigenvalue weighted by Gasteiger charge is -2.11. The first-order valence-corrected chi connectivity index (χ1v) is 14.1. The van der Waals surface area contributed by atoms with E-state index < -0.39 is 11.6 Å². The highest BCUT2D eigenvalue weighted by Crippen LogP contribution is 2.34. The van der Waals surface area contributed by atoms with Gasteiger partial charge in [-0.05, 0) is 30.2 Å². The minimum atomic E-state index is -0.966. The molecule has 0 aliphatic carbocycles. The van der Waals surface area contributed by atoms with E-state index in [1.54, 1.807) is 36.4 Å². The average Bonchev–Trinajstić information content (AvgIpc) is 2.86. The number of aliphatic carboxylic acids is 1. The predicted molar refractivity (Wildman–Crippen MR) is 154 cm³/mol. The van der Waals surface area contributed by atoms with Crippen molar-refractivity contribution in [2.45, 2.75) is 90.4 Å². The Bertz CT molecular complexity index is 1280. The highest BCUT2D eigenvalue weighted by atomic mass is 35.5. The maximum absolute atomic E-state index is 12.4. The molecule has 7 heteroatoms. The van der Waals surface area contributed by atoms with Gasteiger partial charge in [-0.1, -0.05) is 101 Å². The Morgan fingerprint density at radius 1 is 0.842 bits per heavy atom. The molecule has 0 bridgehead atoms. The smallest absolute Gasteiger partial charge is 0.336 e. The number of nitrogens with one attached hydrogen (secondary N) is 1. The second kappa shape index (κ2) is 15.3. The average molecular weight is 540 g/mol. The van der Waals surface area contributed by atoms with Crippen molar-refractivity contribution in [2.24, 2.45) is 0 Å². The number of rotatable bonds is 16. The van der Waals surface area contributed by atoms with E-state index in [1.165, 1.54) is 63.9 Å². The standard InChI is InChI=1S/C31H38ClNO5/c1-2-3-4-5-6-7-8-9-10-11-12-13-29(34)33-23-15-17-24(27(32)20-23)26-21-31(37)38-28-18-22(19-30(35)36)14-16-25(26)28/h14-18,20-21H,2-13,19H2,1H3,(H,33,34)(H,35,36). The molecule has 2 aromatic carbocycles. The number of fused-ring (bicyclic) bond motifs is 1. The molecular formula is C31H38ClNO5. The zero-order valence-electron chi connectivity index (χ0n) is 22.2. The molecule has 0 unspecified atom stereocenters. The molecule has 0 spiro atoms. The number of hydrogen-bond donors (Lipinski definition) is 2. The van der Waals surface area contributed by atoms with Crippen LogP contribution in [0.3, 0.4) is 0 Å².